The molecule has 0 rings (SSSR count). The maximum atomic E-state index is 11.8. The maximum Gasteiger partial charge on any atom is 0.227 e. The standard InChI is InChI=1S/C13H23NO/c1-6-8-9-11(5)14-13(15)12(7-2)10(3)4/h6,8-10,12H,7H2,1-5H3,(H,14,15). The highest BCUT2D eigenvalue weighted by atomic mass is 16.1. The SMILES string of the molecule is CC=CC=C(C)NC(=O)C(CC)C(C)C. The van der Waals surface area contributed by atoms with Crippen molar-refractivity contribution in [3.8, 4) is 0 Å². The molecule has 0 aromatic carbocycles. The molecule has 0 aromatic heterocycles. The Balaban J connectivity index is 4.34. The van der Waals surface area contributed by atoms with E-state index in [0.29, 0.717) is 5.92 Å². The highest BCUT2D eigenvalue weighted by Crippen LogP contribution is 2.15. The predicted molar refractivity (Wildman–Crippen MR) is 65.3 cm³/mol. The molecule has 2 nitrogen and oxygen atoms in total. The van der Waals surface area contributed by atoms with E-state index in [9.17, 15) is 4.79 Å². The molecule has 15 heavy (non-hydrogen) atoms. The summed E-state index contributed by atoms with van der Waals surface area (Å²) in [6, 6.07) is 0. The molecule has 86 valence electrons. The highest BCUT2D eigenvalue weighted by molar-refractivity contribution is 5.80. The largest absolute Gasteiger partial charge is 0.330 e. The van der Waals surface area contributed by atoms with Gasteiger partial charge in [-0.2, -0.15) is 0 Å². The average molecular weight is 209 g/mol. The first kappa shape index (κ1) is 13.9. The molecule has 0 saturated heterocycles. The van der Waals surface area contributed by atoms with Crippen molar-refractivity contribution in [1.82, 2.24) is 5.32 Å². The number of carbonyl (C=O) groups is 1. The molecule has 0 radical (unpaired) electrons. The first-order valence-corrected chi connectivity index (χ1v) is 5.63. The summed E-state index contributed by atoms with van der Waals surface area (Å²) in [4.78, 5) is 11.8. The summed E-state index contributed by atoms with van der Waals surface area (Å²) >= 11 is 0. The first-order valence-electron chi connectivity index (χ1n) is 5.63. The maximum absolute atomic E-state index is 11.8. The molecule has 0 aliphatic rings. The summed E-state index contributed by atoms with van der Waals surface area (Å²) in [6.07, 6.45) is 6.66. The lowest BCUT2D eigenvalue weighted by atomic mass is 9.92. The van der Waals surface area contributed by atoms with Gasteiger partial charge in [0.2, 0.25) is 5.91 Å². The van der Waals surface area contributed by atoms with Gasteiger partial charge in [0.15, 0.2) is 0 Å². The summed E-state index contributed by atoms with van der Waals surface area (Å²) < 4.78 is 0. The Morgan fingerprint density at radius 2 is 2.00 bits per heavy atom. The van der Waals surface area contributed by atoms with Crippen molar-refractivity contribution < 1.29 is 4.79 Å². The van der Waals surface area contributed by atoms with Crippen LogP contribution in [0.25, 0.3) is 0 Å². The molecule has 0 saturated carbocycles. The molecular weight excluding hydrogens is 186 g/mol. The van der Waals surface area contributed by atoms with E-state index in [1.54, 1.807) is 0 Å². The molecule has 0 spiro atoms. The third kappa shape index (κ3) is 5.40. The second-order valence-electron chi connectivity index (χ2n) is 4.12. The molecule has 0 fully saturated rings. The van der Waals surface area contributed by atoms with Crippen molar-refractivity contribution >= 4 is 5.91 Å². The van der Waals surface area contributed by atoms with E-state index in [1.807, 2.05) is 32.1 Å². The van der Waals surface area contributed by atoms with E-state index < -0.39 is 0 Å². The van der Waals surface area contributed by atoms with E-state index >= 15 is 0 Å². The zero-order valence-electron chi connectivity index (χ0n) is 10.5. The van der Waals surface area contributed by atoms with Gasteiger partial charge in [-0.3, -0.25) is 4.79 Å². The smallest absolute Gasteiger partial charge is 0.227 e. The van der Waals surface area contributed by atoms with Crippen LogP contribution < -0.4 is 5.32 Å². The van der Waals surface area contributed by atoms with Gasteiger partial charge >= 0.3 is 0 Å². The van der Waals surface area contributed by atoms with Gasteiger partial charge in [0.05, 0.1) is 0 Å². The fourth-order valence-corrected chi connectivity index (χ4v) is 1.53. The zero-order valence-corrected chi connectivity index (χ0v) is 10.5. The van der Waals surface area contributed by atoms with Crippen molar-refractivity contribution in [2.75, 3.05) is 0 Å². The van der Waals surface area contributed by atoms with Crippen LogP contribution in [-0.2, 0) is 4.79 Å². The molecule has 0 aliphatic carbocycles. The van der Waals surface area contributed by atoms with Crippen LogP contribution >= 0.6 is 0 Å². The number of amides is 1. The van der Waals surface area contributed by atoms with Crippen molar-refractivity contribution in [1.29, 1.82) is 0 Å². The Hall–Kier alpha value is -1.05. The van der Waals surface area contributed by atoms with Crippen LogP contribution in [0.3, 0.4) is 0 Å². The zero-order chi connectivity index (χ0) is 11.8. The van der Waals surface area contributed by atoms with E-state index in [1.165, 1.54) is 0 Å². The fourth-order valence-electron chi connectivity index (χ4n) is 1.53. The van der Waals surface area contributed by atoms with Crippen LogP contribution in [0.5, 0.6) is 0 Å². The molecule has 0 aliphatic heterocycles. The predicted octanol–water partition coefficient (Wildman–Crippen LogP) is 3.26. The second-order valence-corrected chi connectivity index (χ2v) is 4.12. The molecule has 1 amide bonds. The molecule has 1 unspecified atom stereocenters. The molecule has 0 aromatic rings. The first-order chi connectivity index (χ1) is 7.02. The van der Waals surface area contributed by atoms with Crippen molar-refractivity contribution in [2.45, 2.75) is 41.0 Å². The number of hydrogen-bond acceptors (Lipinski definition) is 1. The van der Waals surface area contributed by atoms with Crippen LogP contribution in [0.2, 0.25) is 0 Å². The third-order valence-corrected chi connectivity index (χ3v) is 2.44. The summed E-state index contributed by atoms with van der Waals surface area (Å²) in [5.74, 6) is 0.634. The van der Waals surface area contributed by atoms with Crippen LogP contribution in [-0.4, -0.2) is 5.91 Å². The average Bonchev–Trinajstić information content (AvgIpc) is 2.15. The van der Waals surface area contributed by atoms with E-state index in [2.05, 4.69) is 26.1 Å². The van der Waals surface area contributed by atoms with Crippen LogP contribution in [0, 0.1) is 11.8 Å². The minimum absolute atomic E-state index is 0.110. The van der Waals surface area contributed by atoms with Gasteiger partial charge in [0, 0.05) is 11.6 Å². The Morgan fingerprint density at radius 3 is 2.40 bits per heavy atom. The molecule has 1 atom stereocenters. The topological polar surface area (TPSA) is 29.1 Å². The quantitative estimate of drug-likeness (QED) is 0.692. The van der Waals surface area contributed by atoms with Gasteiger partial charge in [-0.25, -0.2) is 0 Å². The fraction of sp³-hybridized carbons (Fsp3) is 0.615. The van der Waals surface area contributed by atoms with Crippen LogP contribution in [0.15, 0.2) is 23.9 Å². The molecular formula is C13H23NO. The van der Waals surface area contributed by atoms with Gasteiger partial charge in [-0.1, -0.05) is 32.9 Å². The van der Waals surface area contributed by atoms with Crippen molar-refractivity contribution in [2.24, 2.45) is 11.8 Å². The second kappa shape index (κ2) is 7.27. The van der Waals surface area contributed by atoms with Gasteiger partial charge in [0.1, 0.15) is 0 Å². The van der Waals surface area contributed by atoms with Crippen molar-refractivity contribution in [3.63, 3.8) is 0 Å². The molecule has 0 bridgehead atoms. The van der Waals surface area contributed by atoms with E-state index in [-0.39, 0.29) is 11.8 Å². The Bertz CT molecular complexity index is 251. The van der Waals surface area contributed by atoms with Crippen LogP contribution in [0.4, 0.5) is 0 Å². The summed E-state index contributed by atoms with van der Waals surface area (Å²) in [5, 5.41) is 2.92. The Labute approximate surface area is 93.5 Å². The minimum atomic E-state index is 0.110. The Kier molecular flexibility index (Phi) is 6.76. The molecule has 0 heterocycles. The van der Waals surface area contributed by atoms with E-state index in [0.717, 1.165) is 12.1 Å². The summed E-state index contributed by atoms with van der Waals surface area (Å²) in [5.41, 5.74) is 0.900. The lowest BCUT2D eigenvalue weighted by molar-refractivity contribution is -0.125. The normalized spacial score (nSPS) is 14.7. The lowest BCUT2D eigenvalue weighted by Crippen LogP contribution is -2.31. The van der Waals surface area contributed by atoms with Gasteiger partial charge in [0.25, 0.3) is 0 Å². The monoisotopic (exact) mass is 209 g/mol. The summed E-state index contributed by atoms with van der Waals surface area (Å²) in [7, 11) is 0. The lowest BCUT2D eigenvalue weighted by Gasteiger charge is -2.18. The van der Waals surface area contributed by atoms with Crippen molar-refractivity contribution in [3.05, 3.63) is 23.9 Å². The molecule has 2 heteroatoms. The van der Waals surface area contributed by atoms with E-state index in [4.69, 9.17) is 0 Å². The van der Waals surface area contributed by atoms with Gasteiger partial charge in [-0.05, 0) is 32.3 Å². The highest BCUT2D eigenvalue weighted by Gasteiger charge is 2.19. The number of allylic oxidation sites excluding steroid dienone is 4. The van der Waals surface area contributed by atoms with Crippen LogP contribution in [0.1, 0.15) is 41.0 Å². The molecule has 1 N–H and O–H groups in total. The minimum Gasteiger partial charge on any atom is -0.330 e. The number of carbonyl (C=O) groups excluding carboxylic acids is 1. The number of nitrogens with one attached hydrogen (secondary N) is 1. The number of hydrogen-bond donors (Lipinski definition) is 1. The van der Waals surface area contributed by atoms with Gasteiger partial charge < -0.3 is 5.32 Å². The van der Waals surface area contributed by atoms with Gasteiger partial charge in [-0.15, -0.1) is 0 Å². The third-order valence-electron chi connectivity index (χ3n) is 2.44. The Morgan fingerprint density at radius 1 is 1.40 bits per heavy atom. The number of rotatable bonds is 5. The summed E-state index contributed by atoms with van der Waals surface area (Å²) in [6.45, 7) is 10.1.